The number of aliphatic hydroxyl groups excluding tert-OH is 1. The average Bonchev–Trinajstić information content (AvgIpc) is 3.03. The van der Waals surface area contributed by atoms with Crippen molar-refractivity contribution in [1.29, 1.82) is 0 Å². The number of fused-ring (bicyclic) bond motifs is 1. The van der Waals surface area contributed by atoms with Gasteiger partial charge < -0.3 is 14.9 Å². The first-order chi connectivity index (χ1) is 12.1. The van der Waals surface area contributed by atoms with E-state index in [1.165, 1.54) is 6.20 Å². The molecule has 1 aliphatic rings. The molecule has 0 bridgehead atoms. The SMILES string of the molecule is Cc1oncc1C(=O)NC(c1cnc2ccccc2c1)C1CC(O)C1. The first-order valence-electron chi connectivity index (χ1n) is 8.36. The van der Waals surface area contributed by atoms with E-state index in [9.17, 15) is 9.90 Å². The van der Waals surface area contributed by atoms with Crippen LogP contribution in [0.2, 0.25) is 0 Å². The molecular weight excluding hydrogens is 318 g/mol. The molecule has 1 fully saturated rings. The Kier molecular flexibility index (Phi) is 3.97. The molecule has 1 aliphatic carbocycles. The van der Waals surface area contributed by atoms with E-state index in [2.05, 4.69) is 21.5 Å². The number of aromatic nitrogens is 2. The van der Waals surface area contributed by atoms with Crippen LogP contribution in [0, 0.1) is 12.8 Å². The van der Waals surface area contributed by atoms with Gasteiger partial charge in [-0.2, -0.15) is 0 Å². The number of hydrogen-bond donors (Lipinski definition) is 2. The Bertz CT molecular complexity index is 915. The molecule has 3 aromatic rings. The zero-order chi connectivity index (χ0) is 17.4. The summed E-state index contributed by atoms with van der Waals surface area (Å²) < 4.78 is 4.99. The quantitative estimate of drug-likeness (QED) is 0.764. The fraction of sp³-hybridized carbons (Fsp3) is 0.316. The predicted molar refractivity (Wildman–Crippen MR) is 91.9 cm³/mol. The molecule has 1 amide bonds. The van der Waals surface area contributed by atoms with Crippen LogP contribution in [-0.4, -0.2) is 27.3 Å². The lowest BCUT2D eigenvalue weighted by molar-refractivity contribution is 0.0235. The van der Waals surface area contributed by atoms with Gasteiger partial charge in [0.05, 0.1) is 23.9 Å². The van der Waals surface area contributed by atoms with Crippen molar-refractivity contribution in [1.82, 2.24) is 15.5 Å². The molecule has 1 unspecified atom stereocenters. The fourth-order valence-electron chi connectivity index (χ4n) is 3.37. The van der Waals surface area contributed by atoms with Crippen LogP contribution in [0.5, 0.6) is 0 Å². The maximum absolute atomic E-state index is 12.6. The van der Waals surface area contributed by atoms with E-state index in [0.29, 0.717) is 24.2 Å². The van der Waals surface area contributed by atoms with Gasteiger partial charge in [0.15, 0.2) is 0 Å². The van der Waals surface area contributed by atoms with E-state index in [1.807, 2.05) is 24.3 Å². The molecule has 1 atom stereocenters. The predicted octanol–water partition coefficient (Wildman–Crippen LogP) is 2.77. The Labute approximate surface area is 144 Å². The Morgan fingerprint density at radius 1 is 1.32 bits per heavy atom. The summed E-state index contributed by atoms with van der Waals surface area (Å²) in [6.45, 7) is 1.71. The van der Waals surface area contributed by atoms with E-state index in [4.69, 9.17) is 4.52 Å². The van der Waals surface area contributed by atoms with Crippen LogP contribution in [0.4, 0.5) is 0 Å². The van der Waals surface area contributed by atoms with Crippen LogP contribution in [-0.2, 0) is 0 Å². The normalized spacial score (nSPS) is 20.9. The van der Waals surface area contributed by atoms with Gasteiger partial charge in [-0.1, -0.05) is 23.4 Å². The number of benzene rings is 1. The van der Waals surface area contributed by atoms with E-state index in [-0.39, 0.29) is 24.0 Å². The van der Waals surface area contributed by atoms with Gasteiger partial charge in [0, 0.05) is 11.6 Å². The fourth-order valence-corrected chi connectivity index (χ4v) is 3.37. The Morgan fingerprint density at radius 2 is 2.12 bits per heavy atom. The smallest absolute Gasteiger partial charge is 0.257 e. The summed E-state index contributed by atoms with van der Waals surface area (Å²) in [6, 6.07) is 9.73. The third-order valence-corrected chi connectivity index (χ3v) is 4.87. The van der Waals surface area contributed by atoms with Crippen molar-refractivity contribution >= 4 is 16.8 Å². The number of nitrogens with one attached hydrogen (secondary N) is 1. The van der Waals surface area contributed by atoms with Gasteiger partial charge in [-0.25, -0.2) is 0 Å². The van der Waals surface area contributed by atoms with Crippen LogP contribution >= 0.6 is 0 Å². The zero-order valence-corrected chi connectivity index (χ0v) is 13.8. The molecule has 4 rings (SSSR count). The Morgan fingerprint density at radius 3 is 2.84 bits per heavy atom. The minimum absolute atomic E-state index is 0.182. The summed E-state index contributed by atoms with van der Waals surface area (Å²) in [6.07, 6.45) is 4.27. The monoisotopic (exact) mass is 337 g/mol. The van der Waals surface area contributed by atoms with Gasteiger partial charge in [-0.05, 0) is 43.4 Å². The van der Waals surface area contributed by atoms with Crippen LogP contribution < -0.4 is 5.32 Å². The number of aryl methyl sites for hydroxylation is 1. The van der Waals surface area contributed by atoms with Gasteiger partial charge in [0.25, 0.3) is 5.91 Å². The molecule has 0 spiro atoms. The van der Waals surface area contributed by atoms with E-state index >= 15 is 0 Å². The van der Waals surface area contributed by atoms with Gasteiger partial charge >= 0.3 is 0 Å². The van der Waals surface area contributed by atoms with Gasteiger partial charge in [0.2, 0.25) is 0 Å². The highest BCUT2D eigenvalue weighted by molar-refractivity contribution is 5.95. The summed E-state index contributed by atoms with van der Waals surface area (Å²) in [4.78, 5) is 17.1. The zero-order valence-electron chi connectivity index (χ0n) is 13.8. The van der Waals surface area contributed by atoms with E-state index in [1.54, 1.807) is 13.1 Å². The summed E-state index contributed by atoms with van der Waals surface area (Å²) in [5.41, 5.74) is 2.29. The molecule has 128 valence electrons. The van der Waals surface area contributed by atoms with Crippen LogP contribution in [0.3, 0.4) is 0 Å². The molecule has 1 saturated carbocycles. The molecular formula is C19H19N3O3. The third-order valence-electron chi connectivity index (χ3n) is 4.87. The lowest BCUT2D eigenvalue weighted by Gasteiger charge is -2.38. The lowest BCUT2D eigenvalue weighted by Crippen LogP contribution is -2.41. The van der Waals surface area contributed by atoms with Crippen molar-refractivity contribution in [3.8, 4) is 0 Å². The number of amides is 1. The summed E-state index contributed by atoms with van der Waals surface area (Å²) in [7, 11) is 0. The third kappa shape index (κ3) is 3.00. The standard InChI is InChI=1S/C19H19N3O3/c1-11-16(10-21-25-11)19(24)22-18(13-7-15(23)8-13)14-6-12-4-2-3-5-17(12)20-9-14/h2-6,9-10,13,15,18,23H,7-8H2,1H3,(H,22,24). The van der Waals surface area contributed by atoms with Crippen molar-refractivity contribution in [3.05, 3.63) is 59.6 Å². The van der Waals surface area contributed by atoms with Crippen LogP contribution in [0.25, 0.3) is 10.9 Å². The maximum atomic E-state index is 12.6. The van der Waals surface area contributed by atoms with Gasteiger partial charge in [0.1, 0.15) is 11.3 Å². The maximum Gasteiger partial charge on any atom is 0.257 e. The van der Waals surface area contributed by atoms with E-state index in [0.717, 1.165) is 16.5 Å². The summed E-state index contributed by atoms with van der Waals surface area (Å²) >= 11 is 0. The minimum atomic E-state index is -0.296. The van der Waals surface area contributed by atoms with Crippen molar-refractivity contribution in [2.75, 3.05) is 0 Å². The second-order valence-electron chi connectivity index (χ2n) is 6.59. The molecule has 2 heterocycles. The molecule has 0 aliphatic heterocycles. The number of carbonyl (C=O) groups excluding carboxylic acids is 1. The van der Waals surface area contributed by atoms with E-state index < -0.39 is 0 Å². The topological polar surface area (TPSA) is 88.3 Å². The highest BCUT2D eigenvalue weighted by Crippen LogP contribution is 2.38. The van der Waals surface area contributed by atoms with Gasteiger partial charge in [-0.3, -0.25) is 9.78 Å². The molecule has 0 radical (unpaired) electrons. The van der Waals surface area contributed by atoms with Gasteiger partial charge in [-0.15, -0.1) is 0 Å². The molecule has 2 N–H and O–H groups in total. The number of nitrogens with zero attached hydrogens (tertiary/aromatic N) is 2. The van der Waals surface area contributed by atoms with Crippen LogP contribution in [0.15, 0.2) is 47.2 Å². The lowest BCUT2D eigenvalue weighted by atomic mass is 9.75. The summed E-state index contributed by atoms with van der Waals surface area (Å²) in [5.74, 6) is 0.446. The largest absolute Gasteiger partial charge is 0.393 e. The Hall–Kier alpha value is -2.73. The molecule has 6 heteroatoms. The average molecular weight is 337 g/mol. The summed E-state index contributed by atoms with van der Waals surface area (Å²) in [5, 5.41) is 17.5. The number of rotatable bonds is 4. The Balaban J connectivity index is 1.65. The second kappa shape index (κ2) is 6.29. The minimum Gasteiger partial charge on any atom is -0.393 e. The molecule has 25 heavy (non-hydrogen) atoms. The first-order valence-corrected chi connectivity index (χ1v) is 8.36. The molecule has 2 aromatic heterocycles. The van der Waals surface area contributed by atoms with Crippen molar-refractivity contribution in [3.63, 3.8) is 0 Å². The number of para-hydroxylation sites is 1. The molecule has 6 nitrogen and oxygen atoms in total. The highest BCUT2D eigenvalue weighted by atomic mass is 16.5. The van der Waals surface area contributed by atoms with Crippen LogP contribution in [0.1, 0.15) is 40.6 Å². The number of carbonyl (C=O) groups is 1. The number of pyridine rings is 1. The molecule has 1 aromatic carbocycles. The number of hydrogen-bond acceptors (Lipinski definition) is 5. The van der Waals surface area contributed by atoms with Crippen molar-refractivity contribution < 1.29 is 14.4 Å². The molecule has 0 saturated heterocycles. The highest BCUT2D eigenvalue weighted by Gasteiger charge is 2.36. The first kappa shape index (κ1) is 15.8. The number of aliphatic hydroxyl groups is 1. The van der Waals surface area contributed by atoms with Crippen molar-refractivity contribution in [2.45, 2.75) is 31.9 Å². The second-order valence-corrected chi connectivity index (χ2v) is 6.59. The van der Waals surface area contributed by atoms with Crippen molar-refractivity contribution in [2.24, 2.45) is 5.92 Å².